The van der Waals surface area contributed by atoms with E-state index in [-0.39, 0.29) is 6.61 Å². The lowest BCUT2D eigenvalue weighted by Gasteiger charge is -2.24. The average molecular weight is 437 g/mol. The van der Waals surface area contributed by atoms with Crippen LogP contribution < -0.4 is 11.2 Å². The molecule has 1 N–H and O–H groups in total. The highest BCUT2D eigenvalue weighted by molar-refractivity contribution is 9.10. The van der Waals surface area contributed by atoms with Crippen LogP contribution in [-0.2, 0) is 15.1 Å². The molecule has 2 aromatic heterocycles. The Kier molecular flexibility index (Phi) is 4.90. The van der Waals surface area contributed by atoms with Gasteiger partial charge in [-0.25, -0.2) is 14.2 Å². The predicted molar refractivity (Wildman–Crippen MR) is 106 cm³/mol. The van der Waals surface area contributed by atoms with E-state index < -0.39 is 22.8 Å². The van der Waals surface area contributed by atoms with Gasteiger partial charge in [0.25, 0.3) is 5.56 Å². The number of hydrogen-bond donors (Lipinski definition) is 1. The molecule has 136 valence electrons. The maximum Gasteiger partial charge on any atom is 0.332 e. The summed E-state index contributed by atoms with van der Waals surface area (Å²) in [6.45, 7) is 4.84. The molecular formula is C18H17BrN2O4S. The Morgan fingerprint density at radius 2 is 1.92 bits per heavy atom. The molecule has 0 saturated heterocycles. The largest absolute Gasteiger partial charge is 0.464 e. The summed E-state index contributed by atoms with van der Waals surface area (Å²) in [5.74, 6) is -0.632. The summed E-state index contributed by atoms with van der Waals surface area (Å²) in [6, 6.07) is 7.53. The van der Waals surface area contributed by atoms with Crippen molar-refractivity contribution in [3.05, 3.63) is 55.0 Å². The lowest BCUT2D eigenvalue weighted by atomic mass is 10.0. The molecule has 8 heteroatoms. The minimum atomic E-state index is -1.42. The van der Waals surface area contributed by atoms with E-state index in [0.717, 1.165) is 14.6 Å². The van der Waals surface area contributed by atoms with Gasteiger partial charge in [0.2, 0.25) is 0 Å². The van der Waals surface area contributed by atoms with E-state index in [0.29, 0.717) is 15.8 Å². The van der Waals surface area contributed by atoms with E-state index in [2.05, 4.69) is 20.9 Å². The molecule has 0 aliphatic heterocycles. The number of carbonyl (C=O) groups excluding carboxylic acids is 1. The third kappa shape index (κ3) is 3.03. The molecule has 0 aliphatic carbocycles. The van der Waals surface area contributed by atoms with Gasteiger partial charge in [-0.1, -0.05) is 28.1 Å². The number of thiophene rings is 1. The van der Waals surface area contributed by atoms with E-state index in [9.17, 15) is 14.4 Å². The van der Waals surface area contributed by atoms with Crippen molar-refractivity contribution in [3.63, 3.8) is 0 Å². The number of halogens is 1. The van der Waals surface area contributed by atoms with Gasteiger partial charge in [-0.3, -0.25) is 9.78 Å². The van der Waals surface area contributed by atoms with Crippen molar-refractivity contribution in [3.8, 4) is 11.1 Å². The zero-order chi connectivity index (χ0) is 19.1. The number of nitrogens with one attached hydrogen (secondary N) is 1. The topological polar surface area (TPSA) is 81.2 Å². The SMILES string of the molecule is CCOC(=O)C(C)(C)n1c(=O)[nH]c2scc(-c3ccc(Br)cc3)c2c1=O. The molecule has 26 heavy (non-hydrogen) atoms. The minimum absolute atomic E-state index is 0.166. The molecule has 0 radical (unpaired) electrons. The fourth-order valence-electron chi connectivity index (χ4n) is 2.77. The van der Waals surface area contributed by atoms with Crippen LogP contribution >= 0.6 is 27.3 Å². The molecule has 2 heterocycles. The Hall–Kier alpha value is -2.19. The normalized spacial score (nSPS) is 11.7. The number of ether oxygens (including phenoxy) is 1. The van der Waals surface area contributed by atoms with Crippen LogP contribution in [0.3, 0.4) is 0 Å². The number of benzene rings is 1. The first-order valence-electron chi connectivity index (χ1n) is 7.97. The number of fused-ring (bicyclic) bond motifs is 1. The second kappa shape index (κ2) is 6.85. The van der Waals surface area contributed by atoms with E-state index in [4.69, 9.17) is 4.74 Å². The molecule has 0 amide bonds. The average Bonchev–Trinajstić information content (AvgIpc) is 2.99. The summed E-state index contributed by atoms with van der Waals surface area (Å²) in [5.41, 5.74) is -1.00. The van der Waals surface area contributed by atoms with Crippen molar-refractivity contribution in [1.82, 2.24) is 9.55 Å². The second-order valence-corrected chi connectivity index (χ2v) is 8.01. The highest BCUT2D eigenvalue weighted by Crippen LogP contribution is 2.31. The third-order valence-electron chi connectivity index (χ3n) is 4.12. The molecule has 0 fully saturated rings. The van der Waals surface area contributed by atoms with Gasteiger partial charge in [-0.05, 0) is 38.5 Å². The van der Waals surface area contributed by atoms with Gasteiger partial charge < -0.3 is 4.74 Å². The number of aromatic nitrogens is 2. The van der Waals surface area contributed by atoms with E-state index in [1.807, 2.05) is 29.6 Å². The fourth-order valence-corrected chi connectivity index (χ4v) is 3.98. The van der Waals surface area contributed by atoms with Crippen molar-refractivity contribution in [2.75, 3.05) is 6.61 Å². The van der Waals surface area contributed by atoms with Gasteiger partial charge in [0.1, 0.15) is 10.4 Å². The molecule has 0 atom stereocenters. The number of hydrogen-bond acceptors (Lipinski definition) is 5. The van der Waals surface area contributed by atoms with Crippen LogP contribution in [0.1, 0.15) is 20.8 Å². The van der Waals surface area contributed by atoms with Gasteiger partial charge in [0.05, 0.1) is 12.0 Å². The lowest BCUT2D eigenvalue weighted by molar-refractivity contribution is -0.152. The Bertz CT molecular complexity index is 1090. The molecule has 0 saturated carbocycles. The van der Waals surface area contributed by atoms with E-state index >= 15 is 0 Å². The van der Waals surface area contributed by atoms with Crippen molar-refractivity contribution >= 4 is 43.5 Å². The number of nitrogens with zero attached hydrogens (tertiary/aromatic N) is 1. The predicted octanol–water partition coefficient (Wildman–Crippen LogP) is 3.48. The molecule has 1 aromatic carbocycles. The first-order valence-corrected chi connectivity index (χ1v) is 9.64. The maximum atomic E-state index is 13.2. The quantitative estimate of drug-likeness (QED) is 0.634. The second-order valence-electron chi connectivity index (χ2n) is 6.21. The summed E-state index contributed by atoms with van der Waals surface area (Å²) in [7, 11) is 0. The monoisotopic (exact) mass is 436 g/mol. The molecular weight excluding hydrogens is 420 g/mol. The summed E-state index contributed by atoms with van der Waals surface area (Å²) in [4.78, 5) is 41.2. The van der Waals surface area contributed by atoms with Crippen molar-refractivity contribution < 1.29 is 9.53 Å². The first-order chi connectivity index (χ1) is 12.3. The van der Waals surface area contributed by atoms with E-state index in [1.54, 1.807) is 6.92 Å². The zero-order valence-electron chi connectivity index (χ0n) is 14.5. The standard InChI is InChI=1S/C18H17BrN2O4S/c1-4-25-16(23)18(2,3)21-15(22)13-12(9-26-14(13)20-17(21)24)10-5-7-11(19)8-6-10/h5-9H,4H2,1-3H3,(H,20,24). The van der Waals surface area contributed by atoms with Gasteiger partial charge in [-0.15, -0.1) is 11.3 Å². The number of carbonyl (C=O) groups is 1. The summed E-state index contributed by atoms with van der Waals surface area (Å²) < 4.78 is 6.90. The number of aromatic amines is 1. The lowest BCUT2D eigenvalue weighted by Crippen LogP contribution is -2.51. The molecule has 6 nitrogen and oxygen atoms in total. The van der Waals surface area contributed by atoms with Crippen LogP contribution in [0.5, 0.6) is 0 Å². The maximum absolute atomic E-state index is 13.2. The molecule has 0 spiro atoms. The zero-order valence-corrected chi connectivity index (χ0v) is 16.9. The Morgan fingerprint density at radius 1 is 1.27 bits per heavy atom. The van der Waals surface area contributed by atoms with Gasteiger partial charge in [0.15, 0.2) is 0 Å². The number of H-pyrrole nitrogens is 1. The van der Waals surface area contributed by atoms with Gasteiger partial charge >= 0.3 is 11.7 Å². The number of esters is 1. The summed E-state index contributed by atoms with van der Waals surface area (Å²) in [6.07, 6.45) is 0. The van der Waals surface area contributed by atoms with Crippen LogP contribution in [0, 0.1) is 0 Å². The highest BCUT2D eigenvalue weighted by Gasteiger charge is 2.35. The van der Waals surface area contributed by atoms with E-state index in [1.165, 1.54) is 25.2 Å². The minimum Gasteiger partial charge on any atom is -0.464 e. The third-order valence-corrected chi connectivity index (χ3v) is 5.54. The molecule has 0 bridgehead atoms. The van der Waals surface area contributed by atoms with Crippen molar-refractivity contribution in [1.29, 1.82) is 0 Å². The van der Waals surface area contributed by atoms with Crippen LogP contribution in [0.25, 0.3) is 21.3 Å². The molecule has 3 aromatic rings. The molecule has 0 aliphatic rings. The van der Waals surface area contributed by atoms with Crippen LogP contribution in [0.4, 0.5) is 0 Å². The van der Waals surface area contributed by atoms with Crippen molar-refractivity contribution in [2.45, 2.75) is 26.3 Å². The fraction of sp³-hybridized carbons (Fsp3) is 0.278. The summed E-state index contributed by atoms with van der Waals surface area (Å²) in [5, 5.41) is 2.21. The Balaban J connectivity index is 2.29. The van der Waals surface area contributed by atoms with Crippen LogP contribution in [-0.4, -0.2) is 22.1 Å². The molecule has 0 unspecified atom stereocenters. The van der Waals surface area contributed by atoms with Crippen LogP contribution in [0.15, 0.2) is 43.7 Å². The highest BCUT2D eigenvalue weighted by atomic mass is 79.9. The van der Waals surface area contributed by atoms with Crippen molar-refractivity contribution in [2.24, 2.45) is 0 Å². The Labute approximate surface area is 161 Å². The van der Waals surface area contributed by atoms with Crippen LogP contribution in [0.2, 0.25) is 0 Å². The number of rotatable bonds is 4. The smallest absolute Gasteiger partial charge is 0.332 e. The van der Waals surface area contributed by atoms with Gasteiger partial charge in [0, 0.05) is 15.4 Å². The first kappa shape index (κ1) is 18.6. The Morgan fingerprint density at radius 3 is 2.54 bits per heavy atom. The summed E-state index contributed by atoms with van der Waals surface area (Å²) >= 11 is 4.67. The molecule has 3 rings (SSSR count). The van der Waals surface area contributed by atoms with Gasteiger partial charge in [-0.2, -0.15) is 0 Å².